The van der Waals surface area contributed by atoms with Crippen LogP contribution in [0.4, 0.5) is 11.4 Å². The van der Waals surface area contributed by atoms with E-state index in [0.29, 0.717) is 17.3 Å². The van der Waals surface area contributed by atoms with Crippen LogP contribution >= 0.6 is 0 Å². The molecule has 1 saturated heterocycles. The largest absolute Gasteiger partial charge is 0.380 e. The molecule has 1 aliphatic rings. The van der Waals surface area contributed by atoms with Gasteiger partial charge in [0, 0.05) is 19.6 Å². The van der Waals surface area contributed by atoms with E-state index >= 15 is 0 Å². The molecule has 0 aliphatic carbocycles. The minimum atomic E-state index is -0.330. The summed E-state index contributed by atoms with van der Waals surface area (Å²) in [6.45, 7) is 9.19. The zero-order valence-electron chi connectivity index (χ0n) is 12.9. The molecule has 2 rings (SSSR count). The van der Waals surface area contributed by atoms with E-state index in [-0.39, 0.29) is 10.9 Å². The Morgan fingerprint density at radius 3 is 2.45 bits per heavy atom. The molecule has 0 atom stereocenters. The van der Waals surface area contributed by atoms with Crippen molar-refractivity contribution in [3.8, 4) is 0 Å². The molecule has 0 saturated carbocycles. The van der Waals surface area contributed by atoms with Crippen molar-refractivity contribution in [2.75, 3.05) is 29.9 Å². The van der Waals surface area contributed by atoms with E-state index < -0.39 is 0 Å². The molecule has 0 radical (unpaired) electrons. The highest BCUT2D eigenvalue weighted by atomic mass is 16.2. The fourth-order valence-corrected chi connectivity index (χ4v) is 2.80. The van der Waals surface area contributed by atoms with Crippen LogP contribution in [-0.4, -0.2) is 19.6 Å². The Balaban J connectivity index is 1.95. The van der Waals surface area contributed by atoms with Crippen molar-refractivity contribution in [1.82, 2.24) is 0 Å². The fraction of sp³-hybridized carbons (Fsp3) is 0.750. The molecule has 0 unspecified atom stereocenters. The normalized spacial score (nSPS) is 17.1. The highest BCUT2D eigenvalue weighted by Crippen LogP contribution is 2.26. The van der Waals surface area contributed by atoms with Crippen molar-refractivity contribution < 1.29 is 0 Å². The lowest BCUT2D eigenvalue weighted by atomic mass is 9.98. The molecule has 0 aromatic heterocycles. The summed E-state index contributed by atoms with van der Waals surface area (Å²) in [6.07, 6.45) is 4.38. The van der Waals surface area contributed by atoms with E-state index in [0.717, 1.165) is 51.2 Å². The maximum atomic E-state index is 11.8. The first-order chi connectivity index (χ1) is 9.50. The van der Waals surface area contributed by atoms with Gasteiger partial charge in [-0.25, -0.2) is 0 Å². The summed E-state index contributed by atoms with van der Waals surface area (Å²) >= 11 is 0. The Morgan fingerprint density at radius 1 is 1.20 bits per heavy atom. The van der Waals surface area contributed by atoms with Crippen molar-refractivity contribution >= 4 is 11.4 Å². The van der Waals surface area contributed by atoms with Crippen LogP contribution in [-0.2, 0) is 0 Å². The minimum Gasteiger partial charge on any atom is -0.380 e. The molecule has 1 heterocycles. The standard InChI is InChI=1S/C16H26N2O2/c1-11(2)5-4-8-17-13-14(16(20)15(13)19)18-9-6-12(3)7-10-18/h11-12,17H,4-10H2,1-3H3. The van der Waals surface area contributed by atoms with E-state index in [9.17, 15) is 9.59 Å². The molecule has 0 bridgehead atoms. The van der Waals surface area contributed by atoms with E-state index in [1.807, 2.05) is 0 Å². The number of nitrogens with one attached hydrogen (secondary N) is 1. The predicted molar refractivity (Wildman–Crippen MR) is 84.5 cm³/mol. The molecule has 112 valence electrons. The number of hydrogen-bond donors (Lipinski definition) is 1. The lowest BCUT2D eigenvalue weighted by molar-refractivity contribution is 0.437. The van der Waals surface area contributed by atoms with Crippen molar-refractivity contribution in [2.24, 2.45) is 11.8 Å². The zero-order valence-corrected chi connectivity index (χ0v) is 12.9. The molecule has 1 aromatic rings. The molecule has 4 heteroatoms. The van der Waals surface area contributed by atoms with E-state index in [1.54, 1.807) is 0 Å². The third-order valence-corrected chi connectivity index (χ3v) is 4.25. The average molecular weight is 278 g/mol. The van der Waals surface area contributed by atoms with Gasteiger partial charge in [0.2, 0.25) is 0 Å². The molecular weight excluding hydrogens is 252 g/mol. The maximum Gasteiger partial charge on any atom is 0.253 e. The van der Waals surface area contributed by atoms with E-state index in [1.165, 1.54) is 0 Å². The number of nitrogens with zero attached hydrogens (tertiary/aromatic N) is 1. The van der Waals surface area contributed by atoms with Crippen molar-refractivity contribution in [1.29, 1.82) is 0 Å². The number of piperidine rings is 1. The van der Waals surface area contributed by atoms with E-state index in [2.05, 4.69) is 31.0 Å². The summed E-state index contributed by atoms with van der Waals surface area (Å²) in [4.78, 5) is 25.6. The number of rotatable bonds is 6. The van der Waals surface area contributed by atoms with Gasteiger partial charge in [0.15, 0.2) is 0 Å². The second-order valence-corrected chi connectivity index (χ2v) is 6.51. The van der Waals surface area contributed by atoms with Gasteiger partial charge >= 0.3 is 0 Å². The zero-order chi connectivity index (χ0) is 14.7. The third-order valence-electron chi connectivity index (χ3n) is 4.25. The molecule has 1 fully saturated rings. The monoisotopic (exact) mass is 278 g/mol. The summed E-state index contributed by atoms with van der Waals surface area (Å²) in [5.74, 6) is 1.40. The van der Waals surface area contributed by atoms with Gasteiger partial charge in [0.1, 0.15) is 11.4 Å². The molecule has 20 heavy (non-hydrogen) atoms. The quantitative estimate of drug-likeness (QED) is 0.641. The first kappa shape index (κ1) is 15.1. The Morgan fingerprint density at radius 2 is 1.85 bits per heavy atom. The van der Waals surface area contributed by atoms with Crippen LogP contribution in [0.2, 0.25) is 0 Å². The molecule has 4 nitrogen and oxygen atoms in total. The van der Waals surface area contributed by atoms with Gasteiger partial charge in [-0.05, 0) is 37.5 Å². The molecular formula is C16H26N2O2. The van der Waals surface area contributed by atoms with Crippen LogP contribution in [0.1, 0.15) is 46.5 Å². The van der Waals surface area contributed by atoms with Crippen LogP contribution in [0.5, 0.6) is 0 Å². The van der Waals surface area contributed by atoms with Crippen LogP contribution in [0.15, 0.2) is 9.59 Å². The predicted octanol–water partition coefficient (Wildman–Crippen LogP) is 2.37. The van der Waals surface area contributed by atoms with Gasteiger partial charge < -0.3 is 10.2 Å². The summed E-state index contributed by atoms with van der Waals surface area (Å²) in [5, 5.41) is 3.18. The van der Waals surface area contributed by atoms with Crippen LogP contribution in [0.3, 0.4) is 0 Å². The van der Waals surface area contributed by atoms with Gasteiger partial charge in [-0.2, -0.15) is 0 Å². The first-order valence-corrected chi connectivity index (χ1v) is 7.82. The number of anilines is 2. The molecule has 0 amide bonds. The smallest absolute Gasteiger partial charge is 0.253 e. The van der Waals surface area contributed by atoms with Crippen molar-refractivity contribution in [3.63, 3.8) is 0 Å². The highest BCUT2D eigenvalue weighted by Gasteiger charge is 2.27. The minimum absolute atomic E-state index is 0.300. The summed E-state index contributed by atoms with van der Waals surface area (Å²) in [6, 6.07) is 0. The topological polar surface area (TPSA) is 49.4 Å². The lowest BCUT2D eigenvalue weighted by Crippen LogP contribution is -2.45. The van der Waals surface area contributed by atoms with Gasteiger partial charge in [-0.15, -0.1) is 0 Å². The lowest BCUT2D eigenvalue weighted by Gasteiger charge is -2.33. The van der Waals surface area contributed by atoms with Crippen molar-refractivity contribution in [2.45, 2.75) is 46.5 Å². The Labute approximate surface area is 120 Å². The molecule has 0 spiro atoms. The maximum absolute atomic E-state index is 11.8. The van der Waals surface area contributed by atoms with Crippen molar-refractivity contribution in [3.05, 3.63) is 20.4 Å². The summed E-state index contributed by atoms with van der Waals surface area (Å²) in [5.41, 5.74) is 0.578. The molecule has 1 aromatic carbocycles. The Bertz CT molecular complexity index is 507. The summed E-state index contributed by atoms with van der Waals surface area (Å²) in [7, 11) is 0. The highest BCUT2D eigenvalue weighted by molar-refractivity contribution is 5.75. The Hall–Kier alpha value is -1.32. The average Bonchev–Trinajstić information content (AvgIpc) is 2.42. The van der Waals surface area contributed by atoms with Crippen LogP contribution in [0.25, 0.3) is 0 Å². The fourth-order valence-electron chi connectivity index (χ4n) is 2.80. The second-order valence-electron chi connectivity index (χ2n) is 6.51. The number of hydrogen-bond acceptors (Lipinski definition) is 4. The van der Waals surface area contributed by atoms with Gasteiger partial charge in [0.25, 0.3) is 10.9 Å². The first-order valence-electron chi connectivity index (χ1n) is 7.82. The Kier molecular flexibility index (Phi) is 4.84. The van der Waals surface area contributed by atoms with Gasteiger partial charge in [0.05, 0.1) is 0 Å². The van der Waals surface area contributed by atoms with Gasteiger partial charge in [-0.3, -0.25) is 9.59 Å². The van der Waals surface area contributed by atoms with Gasteiger partial charge in [-0.1, -0.05) is 20.8 Å². The van der Waals surface area contributed by atoms with E-state index in [4.69, 9.17) is 0 Å². The molecule has 1 N–H and O–H groups in total. The summed E-state index contributed by atoms with van der Waals surface area (Å²) < 4.78 is 0. The SMILES string of the molecule is CC(C)CCCNc1c(N2CCC(C)CC2)c(=O)c1=O. The third kappa shape index (κ3) is 3.22. The van der Waals surface area contributed by atoms with Crippen LogP contribution in [0, 0.1) is 11.8 Å². The van der Waals surface area contributed by atoms with Crippen LogP contribution < -0.4 is 21.1 Å². The molecule has 1 aliphatic heterocycles. The second kappa shape index (κ2) is 6.42.